The topological polar surface area (TPSA) is 104 Å². The monoisotopic (exact) mass is 732 g/mol. The third kappa shape index (κ3) is 5.60. The minimum atomic E-state index is -1.42. The van der Waals surface area contributed by atoms with Crippen LogP contribution >= 0.6 is 0 Å². The Kier molecular flexibility index (Phi) is 8.89. The molecule has 0 spiro atoms. The van der Waals surface area contributed by atoms with Gasteiger partial charge in [0.1, 0.15) is 11.5 Å². The SMILES string of the molecule is COc1ccc(O)c([C@H]2C3=CC[C@@H]4C(=O)N(C5CCN(Cc6ccccc6)CC5)C(=O)[C@@H]4[C@@H]3C[C@H]3C(=O)C(c4ccccc4)=CC(=O)[C@@]23c2ccccc2)c1. The van der Waals surface area contributed by atoms with Gasteiger partial charge in [0.25, 0.3) is 0 Å². The number of hydrogen-bond acceptors (Lipinski definition) is 7. The molecule has 3 fully saturated rings. The van der Waals surface area contributed by atoms with E-state index in [1.807, 2.05) is 84.9 Å². The average molecular weight is 733 g/mol. The minimum Gasteiger partial charge on any atom is -0.508 e. The zero-order chi connectivity index (χ0) is 37.8. The Morgan fingerprint density at radius 3 is 2.16 bits per heavy atom. The van der Waals surface area contributed by atoms with Gasteiger partial charge in [-0.1, -0.05) is 103 Å². The smallest absolute Gasteiger partial charge is 0.233 e. The van der Waals surface area contributed by atoms with E-state index in [2.05, 4.69) is 17.0 Å². The summed E-state index contributed by atoms with van der Waals surface area (Å²) in [7, 11) is 1.55. The second-order valence-corrected chi connectivity index (χ2v) is 15.8. The molecule has 278 valence electrons. The predicted octanol–water partition coefficient (Wildman–Crippen LogP) is 6.89. The largest absolute Gasteiger partial charge is 0.508 e. The zero-order valence-electron chi connectivity index (χ0n) is 30.8. The van der Waals surface area contributed by atoms with E-state index in [-0.39, 0.29) is 41.6 Å². The first kappa shape index (κ1) is 35.1. The van der Waals surface area contributed by atoms with Crippen molar-refractivity contribution in [2.45, 2.75) is 49.6 Å². The molecule has 2 heterocycles. The lowest BCUT2D eigenvalue weighted by Crippen LogP contribution is -2.59. The molecule has 8 nitrogen and oxygen atoms in total. The van der Waals surface area contributed by atoms with E-state index >= 15 is 9.59 Å². The standard InChI is InChI=1S/C47H44N2O6/c1-55-33-17-20-40(50)38(25-33)43-34-18-19-35-42(46(54)49(45(35)53)32-21-23-48(24-22-32)28-29-11-5-2-6-12-29)37(34)26-39-44(52)36(30-13-7-3-8-14-30)27-41(51)47(39,43)31-15-9-4-10-16-31/h2-18,20,25,27,32,35,37,39,42-43,50H,19,21-24,26,28H2,1H3/t35-,37+,39-,42-,43+,47-/m0/s1. The Labute approximate surface area is 321 Å². The number of methoxy groups -OCH3 is 1. The number of ketones is 2. The fourth-order valence-corrected chi connectivity index (χ4v) is 10.7. The molecule has 0 aromatic heterocycles. The van der Waals surface area contributed by atoms with E-state index in [1.165, 1.54) is 11.6 Å². The molecule has 0 radical (unpaired) electrons. The highest BCUT2D eigenvalue weighted by atomic mass is 16.5. The Bertz CT molecular complexity index is 2230. The van der Waals surface area contributed by atoms with Crippen LogP contribution in [0.1, 0.15) is 53.9 Å². The summed E-state index contributed by atoms with van der Waals surface area (Å²) in [6, 6.07) is 33.8. The van der Waals surface area contributed by atoms with Gasteiger partial charge in [-0.2, -0.15) is 0 Å². The van der Waals surface area contributed by atoms with Crippen LogP contribution in [0.5, 0.6) is 11.5 Å². The van der Waals surface area contributed by atoms with E-state index in [1.54, 1.807) is 30.2 Å². The maximum Gasteiger partial charge on any atom is 0.233 e. The number of carbonyl (C=O) groups is 4. The summed E-state index contributed by atoms with van der Waals surface area (Å²) >= 11 is 0. The number of fused-ring (bicyclic) bond motifs is 4. The van der Waals surface area contributed by atoms with Crippen molar-refractivity contribution in [1.82, 2.24) is 9.80 Å². The maximum absolute atomic E-state index is 15.2. The van der Waals surface area contributed by atoms with Gasteiger partial charge in [0.15, 0.2) is 11.6 Å². The molecule has 9 rings (SSSR count). The number of amides is 2. The number of hydrogen-bond donors (Lipinski definition) is 1. The van der Waals surface area contributed by atoms with Crippen LogP contribution in [0.3, 0.4) is 0 Å². The molecule has 4 aromatic carbocycles. The third-order valence-corrected chi connectivity index (χ3v) is 13.1. The molecule has 3 aliphatic carbocycles. The van der Waals surface area contributed by atoms with Gasteiger partial charge in [-0.05, 0) is 72.6 Å². The highest BCUT2D eigenvalue weighted by Gasteiger charge is 2.66. The molecule has 2 aliphatic heterocycles. The molecule has 8 heteroatoms. The molecule has 0 bridgehead atoms. The molecule has 55 heavy (non-hydrogen) atoms. The normalized spacial score (nSPS) is 28.2. The van der Waals surface area contributed by atoms with Crippen molar-refractivity contribution in [3.63, 3.8) is 0 Å². The van der Waals surface area contributed by atoms with Gasteiger partial charge in [0, 0.05) is 48.6 Å². The van der Waals surface area contributed by atoms with Crippen molar-refractivity contribution in [3.8, 4) is 11.5 Å². The number of likely N-dealkylation sites (tertiary alicyclic amines) is 2. The van der Waals surface area contributed by atoms with Gasteiger partial charge < -0.3 is 9.84 Å². The molecule has 2 amide bonds. The molecule has 1 N–H and O–H groups in total. The van der Waals surface area contributed by atoms with Gasteiger partial charge in [-0.15, -0.1) is 0 Å². The molecule has 6 atom stereocenters. The van der Waals surface area contributed by atoms with E-state index in [0.29, 0.717) is 47.3 Å². The summed E-state index contributed by atoms with van der Waals surface area (Å²) in [6.45, 7) is 2.39. The Balaban J connectivity index is 1.14. The Morgan fingerprint density at radius 1 is 0.800 bits per heavy atom. The van der Waals surface area contributed by atoms with E-state index < -0.39 is 35.0 Å². The summed E-state index contributed by atoms with van der Waals surface area (Å²) in [5.41, 5.74) is 2.76. The van der Waals surface area contributed by atoms with Crippen molar-refractivity contribution in [3.05, 3.63) is 149 Å². The lowest BCUT2D eigenvalue weighted by Gasteiger charge is -2.55. The van der Waals surface area contributed by atoms with Gasteiger partial charge in [0.2, 0.25) is 11.8 Å². The number of piperidine rings is 1. The first-order valence-corrected chi connectivity index (χ1v) is 19.4. The number of rotatable bonds is 7. The van der Waals surface area contributed by atoms with Crippen LogP contribution in [0.2, 0.25) is 0 Å². The number of ether oxygens (including phenoxy) is 1. The quantitative estimate of drug-likeness (QED) is 0.163. The Morgan fingerprint density at radius 2 is 1.47 bits per heavy atom. The predicted molar refractivity (Wildman–Crippen MR) is 208 cm³/mol. The van der Waals surface area contributed by atoms with Gasteiger partial charge in [-0.3, -0.25) is 29.0 Å². The van der Waals surface area contributed by atoms with E-state index in [4.69, 9.17) is 4.74 Å². The lowest BCUT2D eigenvalue weighted by atomic mass is 9.44. The fourth-order valence-electron chi connectivity index (χ4n) is 10.7. The summed E-state index contributed by atoms with van der Waals surface area (Å²) in [5.74, 6) is -3.66. The second kappa shape index (κ2) is 13.9. The van der Waals surface area contributed by atoms with Crippen LogP contribution in [-0.4, -0.2) is 64.5 Å². The summed E-state index contributed by atoms with van der Waals surface area (Å²) < 4.78 is 5.65. The van der Waals surface area contributed by atoms with Crippen LogP contribution < -0.4 is 4.74 Å². The van der Waals surface area contributed by atoms with E-state index in [0.717, 1.165) is 25.2 Å². The first-order chi connectivity index (χ1) is 26.8. The Hall–Kier alpha value is -5.60. The van der Waals surface area contributed by atoms with Crippen LogP contribution in [0.4, 0.5) is 0 Å². The van der Waals surface area contributed by atoms with E-state index in [9.17, 15) is 14.7 Å². The van der Waals surface area contributed by atoms with Crippen molar-refractivity contribution in [2.24, 2.45) is 23.7 Å². The number of phenolic OH excluding ortho intramolecular Hbond substituents is 1. The number of aromatic hydroxyl groups is 1. The zero-order valence-corrected chi connectivity index (χ0v) is 30.8. The van der Waals surface area contributed by atoms with Crippen LogP contribution in [0.25, 0.3) is 5.57 Å². The fraction of sp³-hybridized carbons (Fsp3) is 0.319. The second-order valence-electron chi connectivity index (χ2n) is 15.8. The molecule has 4 aromatic rings. The van der Waals surface area contributed by atoms with Crippen molar-refractivity contribution in [2.75, 3.05) is 20.2 Å². The number of Topliss-reactive ketones (excluding diaryl/α,β-unsaturated/α-hetero) is 1. The molecule has 5 aliphatic rings. The average Bonchev–Trinajstić information content (AvgIpc) is 3.48. The number of nitrogens with zero attached hydrogens (tertiary/aromatic N) is 2. The number of phenols is 1. The number of carbonyl (C=O) groups excluding carboxylic acids is 4. The van der Waals surface area contributed by atoms with Gasteiger partial charge >= 0.3 is 0 Å². The third-order valence-electron chi connectivity index (χ3n) is 13.1. The maximum atomic E-state index is 15.2. The first-order valence-electron chi connectivity index (χ1n) is 19.4. The lowest BCUT2D eigenvalue weighted by molar-refractivity contribution is -0.144. The number of allylic oxidation sites excluding steroid dienone is 4. The van der Waals surface area contributed by atoms with Crippen LogP contribution in [-0.2, 0) is 31.1 Å². The molecular weight excluding hydrogens is 689 g/mol. The van der Waals surface area contributed by atoms with Crippen LogP contribution in [0.15, 0.2) is 127 Å². The summed E-state index contributed by atoms with van der Waals surface area (Å²) in [6.07, 6.45) is 5.50. The van der Waals surface area contributed by atoms with Crippen molar-refractivity contribution < 1.29 is 29.0 Å². The molecule has 1 saturated carbocycles. The highest BCUT2D eigenvalue weighted by Crippen LogP contribution is 2.64. The number of imide groups is 1. The van der Waals surface area contributed by atoms with Crippen molar-refractivity contribution in [1.29, 1.82) is 0 Å². The molecular formula is C47H44N2O6. The summed E-state index contributed by atoms with van der Waals surface area (Å²) in [5, 5.41) is 11.7. The van der Waals surface area contributed by atoms with Gasteiger partial charge in [-0.25, -0.2) is 0 Å². The highest BCUT2D eigenvalue weighted by molar-refractivity contribution is 6.31. The minimum absolute atomic E-state index is 0.0284. The number of benzene rings is 4. The molecule has 0 unspecified atom stereocenters. The van der Waals surface area contributed by atoms with Gasteiger partial charge in [0.05, 0.1) is 24.4 Å². The summed E-state index contributed by atoms with van der Waals surface area (Å²) in [4.78, 5) is 63.6. The van der Waals surface area contributed by atoms with Crippen LogP contribution in [0, 0.1) is 23.7 Å². The molecule has 2 saturated heterocycles. The van der Waals surface area contributed by atoms with Crippen molar-refractivity contribution >= 4 is 29.0 Å².